The third kappa shape index (κ3) is 5.09. The molecular formula is C21H21ClN4O5S. The first kappa shape index (κ1) is 23.3. The minimum atomic E-state index is -0.704. The molecule has 32 heavy (non-hydrogen) atoms. The zero-order chi connectivity index (χ0) is 23.4. The van der Waals surface area contributed by atoms with E-state index >= 15 is 0 Å². The molecule has 0 aliphatic heterocycles. The Labute approximate surface area is 193 Å². The highest BCUT2D eigenvalue weighted by Crippen LogP contribution is 2.34. The number of halogens is 1. The molecule has 0 aliphatic rings. The Morgan fingerprint density at radius 1 is 1.25 bits per heavy atom. The fraction of sp³-hybridized carbons (Fsp3) is 0.238. The third-order valence-corrected chi connectivity index (χ3v) is 5.81. The standard InChI is InChI=1S/C21H21ClN4O5S/c1-11(2)31-21(29)16-12(3)17(18(23)27)32-20(16)25-19(28)14-8-9-24-26(14)10-30-15-7-5-4-6-13(15)22/h4-9,11H,10H2,1-3H3,(H2,23,27)(H,25,28). The van der Waals surface area contributed by atoms with Crippen LogP contribution in [0.5, 0.6) is 5.75 Å². The average Bonchev–Trinajstić information content (AvgIpc) is 3.31. The van der Waals surface area contributed by atoms with Gasteiger partial charge in [0.2, 0.25) is 0 Å². The minimum absolute atomic E-state index is 0.0717. The molecule has 0 aliphatic carbocycles. The maximum Gasteiger partial charge on any atom is 0.341 e. The van der Waals surface area contributed by atoms with Gasteiger partial charge in [0.05, 0.1) is 21.6 Å². The molecule has 0 bridgehead atoms. The molecule has 0 spiro atoms. The van der Waals surface area contributed by atoms with Crippen LogP contribution in [0.1, 0.15) is 49.9 Å². The zero-order valence-corrected chi connectivity index (χ0v) is 19.1. The summed E-state index contributed by atoms with van der Waals surface area (Å²) in [4.78, 5) is 37.5. The lowest BCUT2D eigenvalue weighted by atomic mass is 10.1. The molecule has 0 saturated heterocycles. The quantitative estimate of drug-likeness (QED) is 0.475. The van der Waals surface area contributed by atoms with E-state index in [1.165, 1.54) is 16.9 Å². The van der Waals surface area contributed by atoms with E-state index in [-0.39, 0.29) is 34.0 Å². The molecule has 168 valence electrons. The molecule has 0 saturated carbocycles. The van der Waals surface area contributed by atoms with Crippen molar-refractivity contribution in [2.45, 2.75) is 33.6 Å². The first-order valence-electron chi connectivity index (χ1n) is 9.53. The van der Waals surface area contributed by atoms with Gasteiger partial charge >= 0.3 is 5.97 Å². The smallest absolute Gasteiger partial charge is 0.341 e. The van der Waals surface area contributed by atoms with Gasteiger partial charge in [0.1, 0.15) is 16.4 Å². The van der Waals surface area contributed by atoms with Crippen LogP contribution in [0.2, 0.25) is 5.02 Å². The highest BCUT2D eigenvalue weighted by molar-refractivity contribution is 7.18. The van der Waals surface area contributed by atoms with Crippen molar-refractivity contribution in [3.63, 3.8) is 0 Å². The predicted molar refractivity (Wildman–Crippen MR) is 120 cm³/mol. The van der Waals surface area contributed by atoms with Gasteiger partial charge in [-0.05, 0) is 44.5 Å². The number of nitrogens with one attached hydrogen (secondary N) is 1. The Morgan fingerprint density at radius 3 is 2.62 bits per heavy atom. The van der Waals surface area contributed by atoms with Crippen molar-refractivity contribution in [1.29, 1.82) is 0 Å². The van der Waals surface area contributed by atoms with Crippen LogP contribution in [0.15, 0.2) is 36.5 Å². The molecule has 0 fully saturated rings. The van der Waals surface area contributed by atoms with Gasteiger partial charge in [0.15, 0.2) is 6.73 Å². The average molecular weight is 477 g/mol. The molecule has 3 aromatic rings. The number of benzene rings is 1. The maximum atomic E-state index is 12.9. The number of para-hydroxylation sites is 1. The van der Waals surface area contributed by atoms with Crippen LogP contribution in [-0.4, -0.2) is 33.7 Å². The number of rotatable bonds is 8. The Morgan fingerprint density at radius 2 is 1.97 bits per heavy atom. The Bertz CT molecular complexity index is 1170. The summed E-state index contributed by atoms with van der Waals surface area (Å²) in [5.41, 5.74) is 6.03. The Balaban J connectivity index is 1.84. The number of hydrogen-bond acceptors (Lipinski definition) is 7. The second kappa shape index (κ2) is 9.84. The summed E-state index contributed by atoms with van der Waals surface area (Å²) in [6.45, 7) is 4.90. The highest BCUT2D eigenvalue weighted by atomic mass is 35.5. The van der Waals surface area contributed by atoms with Gasteiger partial charge in [-0.1, -0.05) is 23.7 Å². The first-order chi connectivity index (χ1) is 15.2. The molecule has 3 rings (SSSR count). The van der Waals surface area contributed by atoms with E-state index in [1.54, 1.807) is 45.0 Å². The molecule has 1 aromatic carbocycles. The fourth-order valence-corrected chi connectivity index (χ4v) is 4.08. The van der Waals surface area contributed by atoms with E-state index in [9.17, 15) is 14.4 Å². The number of carbonyl (C=O) groups excluding carboxylic acids is 3. The van der Waals surface area contributed by atoms with Gasteiger partial charge in [-0.25, -0.2) is 9.48 Å². The van der Waals surface area contributed by atoms with Gasteiger partial charge < -0.3 is 20.5 Å². The zero-order valence-electron chi connectivity index (χ0n) is 17.5. The number of nitrogens with zero attached hydrogens (tertiary/aromatic N) is 2. The van der Waals surface area contributed by atoms with E-state index in [0.29, 0.717) is 16.3 Å². The summed E-state index contributed by atoms with van der Waals surface area (Å²) >= 11 is 6.99. The van der Waals surface area contributed by atoms with Crippen molar-refractivity contribution in [2.75, 3.05) is 5.32 Å². The number of anilines is 1. The van der Waals surface area contributed by atoms with Crippen LogP contribution in [0.3, 0.4) is 0 Å². The minimum Gasteiger partial charge on any atom is -0.470 e. The predicted octanol–water partition coefficient (Wildman–Crippen LogP) is 3.86. The van der Waals surface area contributed by atoms with Gasteiger partial charge in [-0.2, -0.15) is 5.10 Å². The van der Waals surface area contributed by atoms with Crippen molar-refractivity contribution < 1.29 is 23.9 Å². The molecule has 2 heterocycles. The van der Waals surface area contributed by atoms with E-state index in [4.69, 9.17) is 26.8 Å². The number of carbonyl (C=O) groups is 3. The molecule has 9 nitrogen and oxygen atoms in total. The number of ether oxygens (including phenoxy) is 2. The Hall–Kier alpha value is -3.37. The summed E-state index contributed by atoms with van der Waals surface area (Å²) in [5.74, 6) is -1.48. The van der Waals surface area contributed by atoms with Crippen LogP contribution in [0, 0.1) is 6.92 Å². The lowest BCUT2D eigenvalue weighted by molar-refractivity contribution is 0.0379. The molecule has 0 unspecified atom stereocenters. The van der Waals surface area contributed by atoms with Crippen LogP contribution < -0.4 is 15.8 Å². The topological polar surface area (TPSA) is 126 Å². The molecular weight excluding hydrogens is 456 g/mol. The van der Waals surface area contributed by atoms with Crippen molar-refractivity contribution in [3.8, 4) is 5.75 Å². The second-order valence-corrected chi connectivity index (χ2v) is 8.38. The molecule has 0 radical (unpaired) electrons. The van der Waals surface area contributed by atoms with Gasteiger partial charge in [-0.3, -0.25) is 9.59 Å². The summed E-state index contributed by atoms with van der Waals surface area (Å²) in [7, 11) is 0. The van der Waals surface area contributed by atoms with E-state index in [0.717, 1.165) is 11.3 Å². The van der Waals surface area contributed by atoms with E-state index in [1.807, 2.05) is 0 Å². The number of primary amides is 1. The largest absolute Gasteiger partial charge is 0.470 e. The van der Waals surface area contributed by atoms with Crippen LogP contribution in [-0.2, 0) is 11.5 Å². The summed E-state index contributed by atoms with van der Waals surface area (Å²) < 4.78 is 12.2. The monoisotopic (exact) mass is 476 g/mol. The second-order valence-electron chi connectivity index (χ2n) is 6.95. The molecule has 3 N–H and O–H groups in total. The van der Waals surface area contributed by atoms with Crippen molar-refractivity contribution in [1.82, 2.24) is 9.78 Å². The number of amides is 2. The van der Waals surface area contributed by atoms with Crippen LogP contribution in [0.4, 0.5) is 5.00 Å². The van der Waals surface area contributed by atoms with Crippen LogP contribution >= 0.6 is 22.9 Å². The Kier molecular flexibility index (Phi) is 7.16. The molecule has 0 atom stereocenters. The van der Waals surface area contributed by atoms with Gasteiger partial charge in [0.25, 0.3) is 11.8 Å². The number of nitrogens with two attached hydrogens (primary N) is 1. The SMILES string of the molecule is Cc1c(C(N)=O)sc(NC(=O)c2ccnn2COc2ccccc2Cl)c1C(=O)OC(C)C. The summed E-state index contributed by atoms with van der Waals surface area (Å²) in [6.07, 6.45) is 1.05. The molecule has 2 aromatic heterocycles. The maximum absolute atomic E-state index is 12.9. The first-order valence-corrected chi connectivity index (χ1v) is 10.7. The number of thiophene rings is 1. The number of hydrogen-bond donors (Lipinski definition) is 2. The third-order valence-electron chi connectivity index (χ3n) is 4.27. The normalized spacial score (nSPS) is 10.8. The fourth-order valence-electron chi connectivity index (χ4n) is 2.84. The number of esters is 1. The van der Waals surface area contributed by atoms with Crippen molar-refractivity contribution in [2.24, 2.45) is 5.73 Å². The van der Waals surface area contributed by atoms with E-state index in [2.05, 4.69) is 10.4 Å². The van der Waals surface area contributed by atoms with Gasteiger partial charge in [0, 0.05) is 6.20 Å². The summed E-state index contributed by atoms with van der Waals surface area (Å²) in [5, 5.41) is 7.34. The van der Waals surface area contributed by atoms with E-state index < -0.39 is 17.8 Å². The van der Waals surface area contributed by atoms with Crippen molar-refractivity contribution in [3.05, 3.63) is 63.2 Å². The lowest BCUT2D eigenvalue weighted by Gasteiger charge is -2.12. The van der Waals surface area contributed by atoms with Gasteiger partial charge in [-0.15, -0.1) is 11.3 Å². The van der Waals surface area contributed by atoms with Crippen molar-refractivity contribution >= 4 is 45.7 Å². The number of aromatic nitrogens is 2. The lowest BCUT2D eigenvalue weighted by Crippen LogP contribution is -2.21. The summed E-state index contributed by atoms with van der Waals surface area (Å²) in [6, 6.07) is 8.41. The molecule has 11 heteroatoms. The van der Waals surface area contributed by atoms with Crippen LogP contribution in [0.25, 0.3) is 0 Å². The molecule has 2 amide bonds. The highest BCUT2D eigenvalue weighted by Gasteiger charge is 2.27.